The van der Waals surface area contributed by atoms with Crippen molar-refractivity contribution >= 4 is 29.4 Å². The van der Waals surface area contributed by atoms with Gasteiger partial charge in [0, 0.05) is 36.3 Å². The molecule has 0 radical (unpaired) electrons. The highest BCUT2D eigenvalue weighted by Crippen LogP contribution is 2.28. The summed E-state index contributed by atoms with van der Waals surface area (Å²) in [5, 5.41) is 10.3. The van der Waals surface area contributed by atoms with E-state index in [2.05, 4.69) is 0 Å². The summed E-state index contributed by atoms with van der Waals surface area (Å²) >= 11 is 5.98. The number of nitrogens with zero attached hydrogens (tertiary/aromatic N) is 2. The van der Waals surface area contributed by atoms with Crippen LogP contribution in [-0.4, -0.2) is 60.2 Å². The number of Topliss-reactive ketones (excluding diaryl/α,β-unsaturated/α-hetero) is 1. The van der Waals surface area contributed by atoms with Crippen molar-refractivity contribution in [2.24, 2.45) is 5.92 Å². The highest BCUT2D eigenvalue weighted by atomic mass is 35.5. The number of urea groups is 1. The van der Waals surface area contributed by atoms with Gasteiger partial charge in [-0.05, 0) is 49.2 Å². The van der Waals surface area contributed by atoms with Gasteiger partial charge in [0.05, 0.1) is 13.0 Å². The second-order valence-electron chi connectivity index (χ2n) is 7.53. The van der Waals surface area contributed by atoms with Crippen molar-refractivity contribution in [1.82, 2.24) is 9.96 Å². The molecule has 1 heterocycles. The van der Waals surface area contributed by atoms with Crippen molar-refractivity contribution < 1.29 is 29.1 Å². The fraction of sp³-hybridized carbons (Fsp3) is 0.348. The van der Waals surface area contributed by atoms with Crippen LogP contribution in [0.1, 0.15) is 34.9 Å². The zero-order valence-corrected chi connectivity index (χ0v) is 18.6. The summed E-state index contributed by atoms with van der Waals surface area (Å²) in [6, 6.07) is 12.6. The Bertz CT molecular complexity index is 953. The van der Waals surface area contributed by atoms with E-state index in [1.165, 1.54) is 19.1 Å². The number of methoxy groups -OCH3 is 1. The lowest BCUT2D eigenvalue weighted by Gasteiger charge is -2.32. The summed E-state index contributed by atoms with van der Waals surface area (Å²) in [6.07, 6.45) is -0.373. The molecule has 2 aromatic rings. The lowest BCUT2D eigenvalue weighted by atomic mass is 9.96. The van der Waals surface area contributed by atoms with Gasteiger partial charge in [0.2, 0.25) is 5.78 Å². The van der Waals surface area contributed by atoms with Gasteiger partial charge in [0.15, 0.2) is 6.10 Å². The molecule has 0 spiro atoms. The first-order valence-electron chi connectivity index (χ1n) is 10.2. The zero-order valence-electron chi connectivity index (χ0n) is 17.9. The Morgan fingerprint density at radius 3 is 2.19 bits per heavy atom. The third-order valence-electron chi connectivity index (χ3n) is 5.40. The lowest BCUT2D eigenvalue weighted by Crippen LogP contribution is -2.45. The molecule has 8 nitrogen and oxygen atoms in total. The fourth-order valence-corrected chi connectivity index (χ4v) is 3.67. The number of likely N-dealkylation sites (tertiary alicyclic amines) is 1. The number of carbonyl (C=O) groups excluding carboxylic acids is 3. The first kappa shape index (κ1) is 23.6. The van der Waals surface area contributed by atoms with Gasteiger partial charge >= 0.3 is 12.0 Å². The Labute approximate surface area is 191 Å². The minimum absolute atomic E-state index is 0.307. The summed E-state index contributed by atoms with van der Waals surface area (Å²) in [7, 11) is 2.79. The van der Waals surface area contributed by atoms with Crippen LogP contribution < -0.4 is 4.74 Å². The van der Waals surface area contributed by atoms with E-state index in [9.17, 15) is 19.6 Å². The number of esters is 1. The van der Waals surface area contributed by atoms with Crippen molar-refractivity contribution in [1.29, 1.82) is 0 Å². The van der Waals surface area contributed by atoms with Crippen molar-refractivity contribution in [2.45, 2.75) is 18.9 Å². The number of piperidine rings is 1. The van der Waals surface area contributed by atoms with Gasteiger partial charge in [-0.2, -0.15) is 0 Å². The largest absolute Gasteiger partial charge is 0.497 e. The van der Waals surface area contributed by atoms with Crippen LogP contribution in [0, 0.1) is 5.92 Å². The van der Waals surface area contributed by atoms with Crippen molar-refractivity contribution in [3.05, 3.63) is 64.7 Å². The van der Waals surface area contributed by atoms with E-state index in [1.54, 1.807) is 48.5 Å². The van der Waals surface area contributed by atoms with Crippen LogP contribution in [0.3, 0.4) is 0 Å². The molecule has 1 N–H and O–H groups in total. The molecule has 3 rings (SSSR count). The predicted molar refractivity (Wildman–Crippen MR) is 117 cm³/mol. The molecule has 1 saturated heterocycles. The molecule has 9 heteroatoms. The summed E-state index contributed by atoms with van der Waals surface area (Å²) in [5.74, 6) is -0.716. The third kappa shape index (κ3) is 5.57. The van der Waals surface area contributed by atoms with Crippen LogP contribution in [-0.2, 0) is 9.53 Å². The van der Waals surface area contributed by atoms with Gasteiger partial charge in [-0.15, -0.1) is 0 Å². The first-order valence-corrected chi connectivity index (χ1v) is 10.5. The molecule has 170 valence electrons. The highest BCUT2D eigenvalue weighted by molar-refractivity contribution is 6.30. The average Bonchev–Trinajstić information content (AvgIpc) is 2.82. The Morgan fingerprint density at radius 2 is 1.66 bits per heavy atom. The van der Waals surface area contributed by atoms with Crippen molar-refractivity contribution in [3.63, 3.8) is 0 Å². The van der Waals surface area contributed by atoms with Gasteiger partial charge in [0.1, 0.15) is 5.75 Å². The second kappa shape index (κ2) is 10.5. The molecule has 32 heavy (non-hydrogen) atoms. The quantitative estimate of drug-likeness (QED) is 0.303. The van der Waals surface area contributed by atoms with Crippen LogP contribution >= 0.6 is 11.6 Å². The van der Waals surface area contributed by atoms with Gasteiger partial charge in [-0.3, -0.25) is 14.8 Å². The van der Waals surface area contributed by atoms with E-state index in [1.807, 2.05) is 0 Å². The van der Waals surface area contributed by atoms with Gasteiger partial charge in [0.25, 0.3) is 0 Å². The second-order valence-corrected chi connectivity index (χ2v) is 7.97. The van der Waals surface area contributed by atoms with Crippen LogP contribution in [0.5, 0.6) is 5.75 Å². The summed E-state index contributed by atoms with van der Waals surface area (Å²) in [5.41, 5.74) is 0.892. The maximum absolute atomic E-state index is 13.2. The molecular weight excluding hydrogens is 436 g/mol. The molecule has 1 fully saturated rings. The van der Waals surface area contributed by atoms with Crippen molar-refractivity contribution in [3.8, 4) is 5.75 Å². The molecule has 0 aromatic heterocycles. The maximum Gasteiger partial charge on any atom is 0.343 e. The third-order valence-corrected chi connectivity index (χ3v) is 5.65. The van der Waals surface area contributed by atoms with E-state index in [0.717, 1.165) is 0 Å². The number of ketones is 1. The Morgan fingerprint density at radius 1 is 1.06 bits per heavy atom. The summed E-state index contributed by atoms with van der Waals surface area (Å²) in [6.45, 7) is 0.614. The minimum atomic E-state index is -1.13. The van der Waals surface area contributed by atoms with Crippen LogP contribution in [0.2, 0.25) is 5.02 Å². The summed E-state index contributed by atoms with van der Waals surface area (Å²) < 4.78 is 10.8. The van der Waals surface area contributed by atoms with E-state index >= 15 is 0 Å². The molecule has 2 aromatic carbocycles. The topological polar surface area (TPSA) is 96.4 Å². The van der Waals surface area contributed by atoms with Crippen LogP contribution in [0.4, 0.5) is 4.79 Å². The first-order chi connectivity index (χ1) is 15.3. The molecule has 1 aliphatic heterocycles. The Balaban J connectivity index is 1.75. The van der Waals surface area contributed by atoms with Gasteiger partial charge in [-0.1, -0.05) is 23.7 Å². The number of amides is 2. The number of carbonyl (C=O) groups is 3. The molecule has 0 saturated carbocycles. The molecule has 1 atom stereocenters. The van der Waals surface area contributed by atoms with E-state index in [-0.39, 0.29) is 5.78 Å². The Hall–Kier alpha value is -3.10. The maximum atomic E-state index is 13.2. The molecule has 1 unspecified atom stereocenters. The smallest absolute Gasteiger partial charge is 0.343 e. The van der Waals surface area contributed by atoms with Gasteiger partial charge in [-0.25, -0.2) is 9.86 Å². The molecule has 1 aliphatic rings. The molecule has 2 amide bonds. The Kier molecular flexibility index (Phi) is 7.71. The van der Waals surface area contributed by atoms with E-state index in [4.69, 9.17) is 21.1 Å². The van der Waals surface area contributed by atoms with Crippen LogP contribution in [0.15, 0.2) is 48.5 Å². The van der Waals surface area contributed by atoms with Crippen molar-refractivity contribution in [2.75, 3.05) is 27.2 Å². The molecule has 0 bridgehead atoms. The number of benzene rings is 2. The standard InChI is InChI=1S/C23H25ClN2O6/c1-25(30)23(29)26-13-11-17(12-14-26)22(28)32-21(16-3-7-18(24)8-4-16)20(27)15-5-9-19(31-2)10-6-15/h3-10,17,21,30H,11-14H2,1-2H3. The predicted octanol–water partition coefficient (Wildman–Crippen LogP) is 3.97. The van der Waals surface area contributed by atoms with Crippen LogP contribution in [0.25, 0.3) is 0 Å². The number of halogens is 1. The number of hydroxylamine groups is 2. The molecule has 0 aliphatic carbocycles. The lowest BCUT2D eigenvalue weighted by molar-refractivity contribution is -0.154. The molecular formula is C23H25ClN2O6. The van der Waals surface area contributed by atoms with E-state index < -0.39 is 24.0 Å². The fourth-order valence-electron chi connectivity index (χ4n) is 3.54. The van der Waals surface area contributed by atoms with Gasteiger partial charge < -0.3 is 14.4 Å². The summed E-state index contributed by atoms with van der Waals surface area (Å²) in [4.78, 5) is 39.5. The average molecular weight is 461 g/mol. The minimum Gasteiger partial charge on any atom is -0.497 e. The van der Waals surface area contributed by atoms with E-state index in [0.29, 0.717) is 52.9 Å². The highest BCUT2D eigenvalue weighted by Gasteiger charge is 2.33. The normalized spacial score (nSPS) is 15.1. The monoisotopic (exact) mass is 460 g/mol. The number of rotatable bonds is 6. The number of hydrogen-bond acceptors (Lipinski definition) is 6. The zero-order chi connectivity index (χ0) is 23.3. The SMILES string of the molecule is COc1ccc(C(=O)C(OC(=O)C2CCN(C(=O)N(C)O)CC2)c2ccc(Cl)cc2)cc1. The number of ether oxygens (including phenoxy) is 2. The number of hydrogen-bond donors (Lipinski definition) is 1.